The lowest BCUT2D eigenvalue weighted by molar-refractivity contribution is 0.0953. The van der Waals surface area contributed by atoms with Gasteiger partial charge in [0.25, 0.3) is 5.91 Å². The predicted molar refractivity (Wildman–Crippen MR) is 93.2 cm³/mol. The Kier molecular flexibility index (Phi) is 5.58. The van der Waals surface area contributed by atoms with Crippen LogP contribution >= 0.6 is 15.9 Å². The second kappa shape index (κ2) is 7.29. The van der Waals surface area contributed by atoms with Crippen molar-refractivity contribution in [2.75, 3.05) is 10.6 Å². The van der Waals surface area contributed by atoms with E-state index in [1.165, 1.54) is 12.1 Å². The first-order chi connectivity index (χ1) is 11.2. The number of amides is 1. The fraction of sp³-hybridized carbons (Fsp3) is 0.133. The fourth-order valence-corrected chi connectivity index (χ4v) is 3.34. The summed E-state index contributed by atoms with van der Waals surface area (Å²) in [5.74, 6) is 3.68. The molecule has 0 aliphatic rings. The highest BCUT2D eigenvalue weighted by molar-refractivity contribution is 9.10. The molecule has 6 nitrogen and oxygen atoms in total. The minimum Gasteiger partial charge on any atom is -0.290 e. The average Bonchev–Trinajstić information content (AvgIpc) is 2.51. The Morgan fingerprint density at radius 3 is 2.54 bits per heavy atom. The van der Waals surface area contributed by atoms with Gasteiger partial charge in [0.1, 0.15) is 5.82 Å². The van der Waals surface area contributed by atoms with Gasteiger partial charge < -0.3 is 0 Å². The maximum Gasteiger partial charge on any atom is 0.265 e. The van der Waals surface area contributed by atoms with Crippen LogP contribution in [0.25, 0.3) is 0 Å². The maximum absolute atomic E-state index is 14.2. The van der Waals surface area contributed by atoms with E-state index in [4.69, 9.17) is 5.84 Å². The SMILES string of the molecule is CS(=O)(=O)N(Cc1ccc(C(=O)NN)cc1F)c1cccc(Br)c1. The number of hydrogen-bond donors (Lipinski definition) is 2. The number of hydrogen-bond acceptors (Lipinski definition) is 4. The van der Waals surface area contributed by atoms with Crippen LogP contribution in [0.1, 0.15) is 15.9 Å². The number of nitrogens with zero attached hydrogens (tertiary/aromatic N) is 1. The second-order valence-electron chi connectivity index (χ2n) is 5.03. The highest BCUT2D eigenvalue weighted by atomic mass is 79.9. The Balaban J connectivity index is 2.39. The lowest BCUT2D eigenvalue weighted by atomic mass is 10.1. The van der Waals surface area contributed by atoms with Crippen LogP contribution in [0, 0.1) is 5.82 Å². The topological polar surface area (TPSA) is 92.5 Å². The summed E-state index contributed by atoms with van der Waals surface area (Å²) in [6, 6.07) is 10.4. The summed E-state index contributed by atoms with van der Waals surface area (Å²) in [6.07, 6.45) is 1.04. The Morgan fingerprint density at radius 1 is 1.29 bits per heavy atom. The minimum atomic E-state index is -3.63. The van der Waals surface area contributed by atoms with Crippen LogP contribution in [0.5, 0.6) is 0 Å². The molecule has 0 aromatic heterocycles. The molecular weight excluding hydrogens is 401 g/mol. The Hall–Kier alpha value is -1.97. The second-order valence-corrected chi connectivity index (χ2v) is 7.85. The van der Waals surface area contributed by atoms with Crippen molar-refractivity contribution in [2.45, 2.75) is 6.54 Å². The molecule has 9 heteroatoms. The molecule has 0 saturated carbocycles. The summed E-state index contributed by atoms with van der Waals surface area (Å²) in [6.45, 7) is -0.203. The third-order valence-electron chi connectivity index (χ3n) is 3.26. The maximum atomic E-state index is 14.2. The number of nitrogen functional groups attached to an aromatic ring is 1. The summed E-state index contributed by atoms with van der Waals surface area (Å²) in [7, 11) is -3.63. The number of carbonyl (C=O) groups is 1. The number of halogens is 2. The molecule has 0 radical (unpaired) electrons. The van der Waals surface area contributed by atoms with Crippen molar-refractivity contribution in [3.8, 4) is 0 Å². The monoisotopic (exact) mass is 415 g/mol. The standard InChI is InChI=1S/C15H15BrFN3O3S/c1-24(22,23)20(13-4-2-3-12(16)8-13)9-11-6-5-10(7-14(11)17)15(21)19-18/h2-8H,9,18H2,1H3,(H,19,21). The molecule has 0 spiro atoms. The molecule has 0 fully saturated rings. The normalized spacial score (nSPS) is 11.2. The van der Waals surface area contributed by atoms with Crippen LogP contribution in [0.4, 0.5) is 10.1 Å². The molecule has 0 aliphatic heterocycles. The van der Waals surface area contributed by atoms with Gasteiger partial charge in [0.05, 0.1) is 18.5 Å². The van der Waals surface area contributed by atoms with E-state index in [1.807, 2.05) is 5.43 Å². The van der Waals surface area contributed by atoms with Crippen molar-refractivity contribution < 1.29 is 17.6 Å². The number of benzene rings is 2. The summed E-state index contributed by atoms with van der Waals surface area (Å²) in [5.41, 5.74) is 2.49. The Bertz CT molecular complexity index is 874. The number of carbonyl (C=O) groups excluding carboxylic acids is 1. The Labute approximate surface area is 147 Å². The van der Waals surface area contributed by atoms with Crippen molar-refractivity contribution in [1.29, 1.82) is 0 Å². The van der Waals surface area contributed by atoms with E-state index in [0.29, 0.717) is 10.2 Å². The molecule has 24 heavy (non-hydrogen) atoms. The first-order valence-electron chi connectivity index (χ1n) is 6.75. The zero-order valence-electron chi connectivity index (χ0n) is 12.7. The van der Waals surface area contributed by atoms with E-state index < -0.39 is 21.7 Å². The smallest absolute Gasteiger partial charge is 0.265 e. The average molecular weight is 416 g/mol. The molecule has 2 aromatic carbocycles. The first kappa shape index (κ1) is 18.4. The number of nitrogens with one attached hydrogen (secondary N) is 1. The quantitative estimate of drug-likeness (QED) is 0.444. The van der Waals surface area contributed by atoms with Gasteiger partial charge in [-0.05, 0) is 30.3 Å². The van der Waals surface area contributed by atoms with Crippen LogP contribution in [0.2, 0.25) is 0 Å². The lowest BCUT2D eigenvalue weighted by Gasteiger charge is -2.23. The zero-order valence-corrected chi connectivity index (χ0v) is 15.1. The molecule has 0 unspecified atom stereocenters. The highest BCUT2D eigenvalue weighted by Crippen LogP contribution is 2.25. The largest absolute Gasteiger partial charge is 0.290 e. The van der Waals surface area contributed by atoms with Gasteiger partial charge >= 0.3 is 0 Å². The number of nitrogens with two attached hydrogens (primary N) is 1. The van der Waals surface area contributed by atoms with Gasteiger partial charge in [-0.3, -0.25) is 14.5 Å². The highest BCUT2D eigenvalue weighted by Gasteiger charge is 2.20. The fourth-order valence-electron chi connectivity index (χ4n) is 2.09. The van der Waals surface area contributed by atoms with Crippen molar-refractivity contribution in [3.05, 3.63) is 63.9 Å². The molecule has 2 rings (SSSR count). The molecule has 3 N–H and O–H groups in total. The molecule has 1 amide bonds. The molecular formula is C15H15BrFN3O3S. The zero-order chi connectivity index (χ0) is 17.9. The molecule has 0 heterocycles. The first-order valence-corrected chi connectivity index (χ1v) is 9.39. The summed E-state index contributed by atoms with van der Waals surface area (Å²) < 4.78 is 40.2. The van der Waals surface area contributed by atoms with E-state index in [2.05, 4.69) is 15.9 Å². The third-order valence-corrected chi connectivity index (χ3v) is 4.89. The predicted octanol–water partition coefficient (Wildman–Crippen LogP) is 2.16. The van der Waals surface area contributed by atoms with Crippen LogP contribution in [-0.2, 0) is 16.6 Å². The van der Waals surface area contributed by atoms with E-state index in [1.54, 1.807) is 24.3 Å². The van der Waals surface area contributed by atoms with Crippen LogP contribution in [0.3, 0.4) is 0 Å². The van der Waals surface area contributed by atoms with Gasteiger partial charge in [-0.25, -0.2) is 18.7 Å². The van der Waals surface area contributed by atoms with Crippen molar-refractivity contribution in [2.24, 2.45) is 5.84 Å². The van der Waals surface area contributed by atoms with Crippen LogP contribution < -0.4 is 15.6 Å². The molecule has 0 bridgehead atoms. The van der Waals surface area contributed by atoms with E-state index in [-0.39, 0.29) is 17.7 Å². The number of rotatable bonds is 5. The van der Waals surface area contributed by atoms with Gasteiger partial charge in [-0.1, -0.05) is 28.1 Å². The van der Waals surface area contributed by atoms with E-state index in [0.717, 1.165) is 16.6 Å². The molecule has 2 aromatic rings. The third kappa shape index (κ3) is 4.31. The molecule has 0 saturated heterocycles. The lowest BCUT2D eigenvalue weighted by Crippen LogP contribution is -2.31. The minimum absolute atomic E-state index is 0.0483. The van der Waals surface area contributed by atoms with Gasteiger partial charge in [0.2, 0.25) is 10.0 Å². The van der Waals surface area contributed by atoms with E-state index >= 15 is 0 Å². The number of sulfonamides is 1. The van der Waals surface area contributed by atoms with Crippen molar-refractivity contribution >= 4 is 37.5 Å². The molecule has 0 aliphatic carbocycles. The van der Waals surface area contributed by atoms with Crippen molar-refractivity contribution in [1.82, 2.24) is 5.43 Å². The van der Waals surface area contributed by atoms with Gasteiger partial charge in [-0.2, -0.15) is 0 Å². The van der Waals surface area contributed by atoms with Gasteiger partial charge in [0.15, 0.2) is 0 Å². The van der Waals surface area contributed by atoms with Crippen molar-refractivity contribution in [3.63, 3.8) is 0 Å². The van der Waals surface area contributed by atoms with E-state index in [9.17, 15) is 17.6 Å². The van der Waals surface area contributed by atoms with Crippen LogP contribution in [-0.4, -0.2) is 20.6 Å². The molecule has 0 atom stereocenters. The number of anilines is 1. The van der Waals surface area contributed by atoms with Gasteiger partial charge in [0, 0.05) is 15.6 Å². The summed E-state index contributed by atoms with van der Waals surface area (Å²) in [4.78, 5) is 11.4. The van der Waals surface area contributed by atoms with Gasteiger partial charge in [-0.15, -0.1) is 0 Å². The summed E-state index contributed by atoms with van der Waals surface area (Å²) >= 11 is 3.28. The summed E-state index contributed by atoms with van der Waals surface area (Å²) in [5, 5.41) is 0. The van der Waals surface area contributed by atoms with Crippen LogP contribution in [0.15, 0.2) is 46.9 Å². The number of hydrazine groups is 1. The molecule has 128 valence electrons. The Morgan fingerprint density at radius 2 is 2.00 bits per heavy atom.